The van der Waals surface area contributed by atoms with Crippen LogP contribution in [0.15, 0.2) is 82.8 Å². The van der Waals surface area contributed by atoms with E-state index in [1.54, 1.807) is 54.7 Å². The summed E-state index contributed by atoms with van der Waals surface area (Å²) in [6.45, 7) is 5.32. The van der Waals surface area contributed by atoms with E-state index in [1.165, 1.54) is 11.4 Å². The number of anilines is 1. The van der Waals surface area contributed by atoms with Gasteiger partial charge in [-0.1, -0.05) is 42.0 Å². The summed E-state index contributed by atoms with van der Waals surface area (Å²) in [5.74, 6) is -0.344. The zero-order valence-corrected chi connectivity index (χ0v) is 21.2. The average Bonchev–Trinajstić information content (AvgIpc) is 2.90. The number of nitrogens with one attached hydrogen (secondary N) is 1. The summed E-state index contributed by atoms with van der Waals surface area (Å²) >= 11 is 0. The van der Waals surface area contributed by atoms with E-state index in [9.17, 15) is 13.2 Å². The van der Waals surface area contributed by atoms with Gasteiger partial charge < -0.3 is 9.64 Å². The van der Waals surface area contributed by atoms with Crippen LogP contribution < -0.4 is 10.3 Å². The van der Waals surface area contributed by atoms with Gasteiger partial charge in [-0.15, -0.1) is 0 Å². The largest absolute Gasteiger partial charge is 0.378 e. The normalized spacial score (nSPS) is 14.4. The van der Waals surface area contributed by atoms with E-state index in [2.05, 4.69) is 15.4 Å². The monoisotopic (exact) mass is 506 g/mol. The molecule has 0 aromatic heterocycles. The first-order valence-corrected chi connectivity index (χ1v) is 13.1. The van der Waals surface area contributed by atoms with Gasteiger partial charge in [0.1, 0.15) is 0 Å². The number of sulfonamides is 1. The van der Waals surface area contributed by atoms with E-state index < -0.39 is 10.0 Å². The van der Waals surface area contributed by atoms with Crippen LogP contribution in [-0.2, 0) is 21.3 Å². The summed E-state index contributed by atoms with van der Waals surface area (Å²) in [5, 5.41) is 4.06. The number of amides is 1. The molecule has 0 atom stereocenters. The van der Waals surface area contributed by atoms with Crippen LogP contribution in [0.4, 0.5) is 5.69 Å². The van der Waals surface area contributed by atoms with Crippen molar-refractivity contribution in [3.05, 3.63) is 95.1 Å². The number of hydrazone groups is 1. The fraction of sp³-hybridized carbons (Fsp3) is 0.259. The maximum absolute atomic E-state index is 12.8. The van der Waals surface area contributed by atoms with E-state index in [-0.39, 0.29) is 17.3 Å². The molecule has 1 amide bonds. The third-order valence-electron chi connectivity index (χ3n) is 6.00. The first kappa shape index (κ1) is 25.6. The second-order valence-electron chi connectivity index (χ2n) is 8.66. The summed E-state index contributed by atoms with van der Waals surface area (Å²) in [7, 11) is -2.06. The smallest absolute Gasteiger partial charge is 0.271 e. The van der Waals surface area contributed by atoms with Gasteiger partial charge in [0, 0.05) is 37.9 Å². The van der Waals surface area contributed by atoms with Gasteiger partial charge >= 0.3 is 0 Å². The van der Waals surface area contributed by atoms with Gasteiger partial charge in [0.2, 0.25) is 10.0 Å². The summed E-state index contributed by atoms with van der Waals surface area (Å²) in [6.07, 6.45) is 1.60. The molecule has 0 radical (unpaired) electrons. The summed E-state index contributed by atoms with van der Waals surface area (Å²) in [6, 6.07) is 21.5. The molecule has 1 aliphatic rings. The lowest BCUT2D eigenvalue weighted by Crippen LogP contribution is -2.36. The van der Waals surface area contributed by atoms with Crippen molar-refractivity contribution in [1.29, 1.82) is 0 Å². The number of morpholine rings is 1. The van der Waals surface area contributed by atoms with Gasteiger partial charge in [-0.2, -0.15) is 9.41 Å². The lowest BCUT2D eigenvalue weighted by Gasteiger charge is -2.28. The van der Waals surface area contributed by atoms with Crippen molar-refractivity contribution in [1.82, 2.24) is 9.73 Å². The van der Waals surface area contributed by atoms with Crippen molar-refractivity contribution in [2.75, 3.05) is 38.3 Å². The quantitative estimate of drug-likeness (QED) is 0.374. The average molecular weight is 507 g/mol. The van der Waals surface area contributed by atoms with Crippen molar-refractivity contribution in [2.24, 2.45) is 5.10 Å². The van der Waals surface area contributed by atoms with Crippen LogP contribution in [0.2, 0.25) is 0 Å². The molecule has 1 heterocycles. The van der Waals surface area contributed by atoms with Crippen LogP contribution in [0, 0.1) is 6.92 Å². The number of aryl methyl sites for hydroxylation is 1. The standard InChI is InChI=1S/C27H30N4O4S/c1-21-3-13-26(14-4-21)36(33,34)30(2)20-23-5-9-24(10-6-23)27(32)29-28-19-22-7-11-25(12-8-22)31-15-17-35-18-16-31/h3-14,19H,15-18,20H2,1-2H3,(H,29,32)/b28-19+. The molecule has 36 heavy (non-hydrogen) atoms. The molecule has 0 aliphatic carbocycles. The predicted molar refractivity (Wildman–Crippen MR) is 141 cm³/mol. The van der Waals surface area contributed by atoms with E-state index in [4.69, 9.17) is 4.74 Å². The molecule has 9 heteroatoms. The highest BCUT2D eigenvalue weighted by Gasteiger charge is 2.20. The Morgan fingerprint density at radius 2 is 1.64 bits per heavy atom. The Labute approximate surface area is 212 Å². The molecule has 188 valence electrons. The SMILES string of the molecule is Cc1ccc(S(=O)(=O)N(C)Cc2ccc(C(=O)N/N=C/c3ccc(N4CCOCC4)cc3)cc2)cc1. The minimum atomic E-state index is -3.60. The highest BCUT2D eigenvalue weighted by Crippen LogP contribution is 2.18. The van der Waals surface area contributed by atoms with Crippen LogP contribution in [0.5, 0.6) is 0 Å². The molecule has 4 rings (SSSR count). The van der Waals surface area contributed by atoms with Crippen LogP contribution in [-0.4, -0.2) is 58.2 Å². The Bertz CT molecular complexity index is 1300. The first-order chi connectivity index (χ1) is 17.3. The number of rotatable bonds is 8. The number of ether oxygens (including phenoxy) is 1. The Hall–Kier alpha value is -3.53. The molecular formula is C27H30N4O4S. The molecule has 0 saturated carbocycles. The summed E-state index contributed by atoms with van der Waals surface area (Å²) in [4.78, 5) is 15.0. The van der Waals surface area contributed by atoms with Gasteiger partial charge in [-0.3, -0.25) is 4.79 Å². The van der Waals surface area contributed by atoms with Crippen LogP contribution in [0.25, 0.3) is 0 Å². The highest BCUT2D eigenvalue weighted by atomic mass is 32.2. The van der Waals surface area contributed by atoms with Gasteiger partial charge in [-0.05, 0) is 54.4 Å². The molecule has 1 aliphatic heterocycles. The second-order valence-corrected chi connectivity index (χ2v) is 10.7. The minimum Gasteiger partial charge on any atom is -0.378 e. The molecule has 8 nitrogen and oxygen atoms in total. The van der Waals surface area contributed by atoms with Gasteiger partial charge in [0.25, 0.3) is 5.91 Å². The van der Waals surface area contributed by atoms with Gasteiger partial charge in [0.15, 0.2) is 0 Å². The molecule has 0 bridgehead atoms. The Kier molecular flexibility index (Phi) is 8.14. The van der Waals surface area contributed by atoms with Crippen molar-refractivity contribution in [2.45, 2.75) is 18.4 Å². The van der Waals surface area contributed by atoms with Crippen molar-refractivity contribution in [3.63, 3.8) is 0 Å². The molecule has 0 unspecified atom stereocenters. The zero-order valence-electron chi connectivity index (χ0n) is 20.4. The Morgan fingerprint density at radius 3 is 2.28 bits per heavy atom. The topological polar surface area (TPSA) is 91.3 Å². The molecule has 0 spiro atoms. The molecular weight excluding hydrogens is 476 g/mol. The number of hydrogen-bond donors (Lipinski definition) is 1. The van der Waals surface area contributed by atoms with Crippen molar-refractivity contribution in [3.8, 4) is 0 Å². The number of carbonyl (C=O) groups is 1. The van der Waals surface area contributed by atoms with E-state index in [0.29, 0.717) is 5.56 Å². The number of benzene rings is 3. The van der Waals surface area contributed by atoms with E-state index in [0.717, 1.165) is 48.7 Å². The van der Waals surface area contributed by atoms with Crippen LogP contribution in [0.3, 0.4) is 0 Å². The summed E-state index contributed by atoms with van der Waals surface area (Å²) in [5.41, 5.74) is 6.75. The van der Waals surface area contributed by atoms with Crippen LogP contribution in [0.1, 0.15) is 27.0 Å². The van der Waals surface area contributed by atoms with E-state index >= 15 is 0 Å². The number of hydrogen-bond acceptors (Lipinski definition) is 6. The predicted octanol–water partition coefficient (Wildman–Crippen LogP) is 3.42. The molecule has 1 saturated heterocycles. The lowest BCUT2D eigenvalue weighted by molar-refractivity contribution is 0.0955. The van der Waals surface area contributed by atoms with Crippen LogP contribution >= 0.6 is 0 Å². The molecule has 3 aromatic carbocycles. The maximum Gasteiger partial charge on any atom is 0.271 e. The third kappa shape index (κ3) is 6.37. The van der Waals surface area contributed by atoms with Crippen molar-refractivity contribution >= 4 is 27.8 Å². The van der Waals surface area contributed by atoms with Crippen molar-refractivity contribution < 1.29 is 17.9 Å². The third-order valence-corrected chi connectivity index (χ3v) is 7.82. The number of carbonyl (C=O) groups excluding carboxylic acids is 1. The Morgan fingerprint density at radius 1 is 1.00 bits per heavy atom. The Balaban J connectivity index is 1.30. The van der Waals surface area contributed by atoms with Gasteiger partial charge in [0.05, 0.1) is 24.3 Å². The zero-order chi connectivity index (χ0) is 25.5. The fourth-order valence-electron chi connectivity index (χ4n) is 3.82. The minimum absolute atomic E-state index is 0.191. The molecule has 1 fully saturated rings. The van der Waals surface area contributed by atoms with Gasteiger partial charge in [-0.25, -0.2) is 13.8 Å². The highest BCUT2D eigenvalue weighted by molar-refractivity contribution is 7.89. The number of nitrogens with zero attached hydrogens (tertiary/aromatic N) is 3. The molecule has 1 N–H and O–H groups in total. The second kappa shape index (κ2) is 11.5. The maximum atomic E-state index is 12.8. The first-order valence-electron chi connectivity index (χ1n) is 11.7. The fourth-order valence-corrected chi connectivity index (χ4v) is 4.98. The molecule has 3 aromatic rings. The summed E-state index contributed by atoms with van der Waals surface area (Å²) < 4.78 is 32.3. The van der Waals surface area contributed by atoms with E-state index in [1.807, 2.05) is 31.2 Å². The lowest BCUT2D eigenvalue weighted by atomic mass is 10.1.